The topological polar surface area (TPSA) is 88.3 Å². The van der Waals surface area contributed by atoms with Crippen molar-refractivity contribution >= 4 is 10.0 Å². The van der Waals surface area contributed by atoms with Gasteiger partial charge in [0.1, 0.15) is 0 Å². The summed E-state index contributed by atoms with van der Waals surface area (Å²) in [5, 5.41) is 6.95. The zero-order valence-electron chi connectivity index (χ0n) is 12.9. The molecule has 1 atom stereocenters. The molecule has 0 aliphatic carbocycles. The van der Waals surface area contributed by atoms with Gasteiger partial charge < -0.3 is 9.84 Å². The molecular weight excluding hydrogens is 304 g/mol. The Labute approximate surface area is 130 Å². The van der Waals surface area contributed by atoms with Crippen LogP contribution in [0.4, 0.5) is 0 Å². The number of likely N-dealkylation sites (N-methyl/N-ethyl adjacent to an activating group) is 1. The number of aromatic nitrogens is 2. The molecule has 120 valence electrons. The number of nitrogens with one attached hydrogen (secondary N) is 1. The summed E-state index contributed by atoms with van der Waals surface area (Å²) in [4.78, 5) is 4.46. The molecule has 0 spiro atoms. The zero-order chi connectivity index (χ0) is 16.2. The van der Waals surface area contributed by atoms with Crippen molar-refractivity contribution in [2.45, 2.75) is 30.8 Å². The molecule has 8 heteroatoms. The van der Waals surface area contributed by atoms with Crippen molar-refractivity contribution in [2.24, 2.45) is 0 Å². The Morgan fingerprint density at radius 3 is 2.64 bits per heavy atom. The number of nitrogens with zero attached hydrogens (tertiary/aromatic N) is 3. The standard InChI is InChI=1S/C14H20N4O3S/c1-11(15-2)9-13-16-14(21-17-13)10-18(3)22(19,20)12-7-5-4-6-8-12/h4-8,11,15H,9-10H2,1-3H3. The third kappa shape index (κ3) is 3.90. The monoisotopic (exact) mass is 324 g/mol. The largest absolute Gasteiger partial charge is 0.338 e. The minimum absolute atomic E-state index is 0.0398. The molecule has 1 N–H and O–H groups in total. The van der Waals surface area contributed by atoms with E-state index in [0.717, 1.165) is 0 Å². The van der Waals surface area contributed by atoms with Gasteiger partial charge in [-0.2, -0.15) is 9.29 Å². The second-order valence-electron chi connectivity index (χ2n) is 5.07. The van der Waals surface area contributed by atoms with Gasteiger partial charge in [0.05, 0.1) is 11.4 Å². The van der Waals surface area contributed by atoms with E-state index in [2.05, 4.69) is 15.5 Å². The first-order valence-electron chi connectivity index (χ1n) is 6.93. The molecule has 0 bridgehead atoms. The number of rotatable bonds is 7. The van der Waals surface area contributed by atoms with Gasteiger partial charge in [0.25, 0.3) is 0 Å². The van der Waals surface area contributed by atoms with Gasteiger partial charge >= 0.3 is 0 Å². The van der Waals surface area contributed by atoms with Crippen LogP contribution < -0.4 is 5.32 Å². The van der Waals surface area contributed by atoms with Crippen LogP contribution in [-0.4, -0.2) is 43.0 Å². The summed E-state index contributed by atoms with van der Waals surface area (Å²) >= 11 is 0. The Morgan fingerprint density at radius 1 is 1.32 bits per heavy atom. The molecule has 0 saturated carbocycles. The average molecular weight is 324 g/mol. The summed E-state index contributed by atoms with van der Waals surface area (Å²) in [6.07, 6.45) is 0.620. The van der Waals surface area contributed by atoms with E-state index in [1.807, 2.05) is 14.0 Å². The lowest BCUT2D eigenvalue weighted by Crippen LogP contribution is -2.26. The first kappa shape index (κ1) is 16.6. The van der Waals surface area contributed by atoms with E-state index in [1.165, 1.54) is 11.4 Å². The third-order valence-electron chi connectivity index (χ3n) is 3.30. The van der Waals surface area contributed by atoms with Crippen LogP contribution in [0, 0.1) is 0 Å². The molecule has 2 aromatic rings. The zero-order valence-corrected chi connectivity index (χ0v) is 13.7. The molecule has 0 fully saturated rings. The fourth-order valence-corrected chi connectivity index (χ4v) is 3.00. The summed E-state index contributed by atoms with van der Waals surface area (Å²) in [6, 6.07) is 8.47. The molecular formula is C14H20N4O3S. The van der Waals surface area contributed by atoms with Gasteiger partial charge in [0.15, 0.2) is 5.82 Å². The van der Waals surface area contributed by atoms with Gasteiger partial charge in [0, 0.05) is 19.5 Å². The highest BCUT2D eigenvalue weighted by molar-refractivity contribution is 7.89. The van der Waals surface area contributed by atoms with Crippen molar-refractivity contribution in [1.82, 2.24) is 19.8 Å². The van der Waals surface area contributed by atoms with Crippen molar-refractivity contribution in [3.63, 3.8) is 0 Å². The fourth-order valence-electron chi connectivity index (χ4n) is 1.86. The SMILES string of the molecule is CNC(C)Cc1noc(CN(C)S(=O)(=O)c2ccccc2)n1. The van der Waals surface area contributed by atoms with Crippen molar-refractivity contribution in [3.8, 4) is 0 Å². The second kappa shape index (κ2) is 6.99. The summed E-state index contributed by atoms with van der Waals surface area (Å²) in [7, 11) is -0.221. The minimum atomic E-state index is -3.56. The highest BCUT2D eigenvalue weighted by Crippen LogP contribution is 2.15. The lowest BCUT2D eigenvalue weighted by atomic mass is 10.2. The maximum absolute atomic E-state index is 12.4. The van der Waals surface area contributed by atoms with Crippen molar-refractivity contribution in [3.05, 3.63) is 42.0 Å². The lowest BCUT2D eigenvalue weighted by molar-refractivity contribution is 0.333. The summed E-state index contributed by atoms with van der Waals surface area (Å²) in [5.74, 6) is 0.836. The molecule has 2 rings (SSSR count). The number of hydrogen-bond acceptors (Lipinski definition) is 6. The predicted octanol–water partition coefficient (Wildman–Crippen LogP) is 1.04. The normalized spacial score (nSPS) is 13.5. The van der Waals surface area contributed by atoms with Gasteiger partial charge in [-0.15, -0.1) is 0 Å². The minimum Gasteiger partial charge on any atom is -0.338 e. The molecule has 1 aromatic heterocycles. The molecule has 0 saturated heterocycles. The average Bonchev–Trinajstić information content (AvgIpc) is 2.95. The number of hydrogen-bond donors (Lipinski definition) is 1. The van der Waals surface area contributed by atoms with Crippen LogP contribution >= 0.6 is 0 Å². The predicted molar refractivity (Wildman–Crippen MR) is 81.6 cm³/mol. The molecule has 1 aromatic carbocycles. The Hall–Kier alpha value is -1.77. The van der Waals surface area contributed by atoms with Crippen LogP contribution in [0.25, 0.3) is 0 Å². The fraction of sp³-hybridized carbons (Fsp3) is 0.429. The molecule has 0 aliphatic rings. The molecule has 0 radical (unpaired) electrons. The highest BCUT2D eigenvalue weighted by Gasteiger charge is 2.22. The highest BCUT2D eigenvalue weighted by atomic mass is 32.2. The third-order valence-corrected chi connectivity index (χ3v) is 5.12. The summed E-state index contributed by atoms with van der Waals surface area (Å²) in [5.41, 5.74) is 0. The Balaban J connectivity index is 2.07. The van der Waals surface area contributed by atoms with Gasteiger partial charge in [0.2, 0.25) is 15.9 Å². The van der Waals surface area contributed by atoms with E-state index in [1.54, 1.807) is 30.3 Å². The van der Waals surface area contributed by atoms with Crippen LogP contribution in [0.3, 0.4) is 0 Å². The van der Waals surface area contributed by atoms with Crippen LogP contribution in [-0.2, 0) is 23.0 Å². The van der Waals surface area contributed by atoms with E-state index in [0.29, 0.717) is 12.2 Å². The van der Waals surface area contributed by atoms with Crippen LogP contribution in [0.2, 0.25) is 0 Å². The molecule has 7 nitrogen and oxygen atoms in total. The smallest absolute Gasteiger partial charge is 0.243 e. The molecule has 1 unspecified atom stereocenters. The van der Waals surface area contributed by atoms with Gasteiger partial charge in [-0.25, -0.2) is 8.42 Å². The molecule has 1 heterocycles. The van der Waals surface area contributed by atoms with E-state index < -0.39 is 10.0 Å². The summed E-state index contributed by atoms with van der Waals surface area (Å²) < 4.78 is 31.1. The Bertz CT molecular complexity index is 700. The number of sulfonamides is 1. The Kier molecular flexibility index (Phi) is 5.28. The van der Waals surface area contributed by atoms with Gasteiger partial charge in [-0.3, -0.25) is 0 Å². The van der Waals surface area contributed by atoms with Crippen molar-refractivity contribution < 1.29 is 12.9 Å². The molecule has 0 amide bonds. The first-order chi connectivity index (χ1) is 10.4. The van der Waals surface area contributed by atoms with Crippen molar-refractivity contribution in [2.75, 3.05) is 14.1 Å². The summed E-state index contributed by atoms with van der Waals surface area (Å²) in [6.45, 7) is 2.04. The van der Waals surface area contributed by atoms with Crippen LogP contribution in [0.5, 0.6) is 0 Å². The van der Waals surface area contributed by atoms with E-state index >= 15 is 0 Å². The quantitative estimate of drug-likeness (QED) is 0.819. The maximum Gasteiger partial charge on any atom is 0.243 e. The first-order valence-corrected chi connectivity index (χ1v) is 8.37. The second-order valence-corrected chi connectivity index (χ2v) is 7.12. The van der Waals surface area contributed by atoms with E-state index in [4.69, 9.17) is 4.52 Å². The van der Waals surface area contributed by atoms with E-state index in [9.17, 15) is 8.42 Å². The van der Waals surface area contributed by atoms with Gasteiger partial charge in [-0.1, -0.05) is 23.4 Å². The van der Waals surface area contributed by atoms with Crippen molar-refractivity contribution in [1.29, 1.82) is 0 Å². The van der Waals surface area contributed by atoms with Gasteiger partial charge in [-0.05, 0) is 26.1 Å². The molecule has 22 heavy (non-hydrogen) atoms. The Morgan fingerprint density at radius 2 is 2.00 bits per heavy atom. The lowest BCUT2D eigenvalue weighted by Gasteiger charge is -2.14. The van der Waals surface area contributed by atoms with E-state index in [-0.39, 0.29) is 23.4 Å². The van der Waals surface area contributed by atoms with Crippen LogP contribution in [0.15, 0.2) is 39.8 Å². The maximum atomic E-state index is 12.4. The molecule has 0 aliphatic heterocycles. The number of benzene rings is 1. The van der Waals surface area contributed by atoms with Crippen LogP contribution in [0.1, 0.15) is 18.6 Å².